The molecular weight excluding hydrogens is 262 g/mol. The van der Waals surface area contributed by atoms with Crippen molar-refractivity contribution in [1.82, 2.24) is 4.90 Å². The molecule has 2 aliphatic carbocycles. The fourth-order valence-corrected chi connectivity index (χ4v) is 5.30. The van der Waals surface area contributed by atoms with Crippen LogP contribution >= 0.6 is 0 Å². The molecule has 0 N–H and O–H groups in total. The van der Waals surface area contributed by atoms with Crippen molar-refractivity contribution < 1.29 is 9.59 Å². The molecule has 3 aliphatic rings. The lowest BCUT2D eigenvalue weighted by Gasteiger charge is -2.45. The van der Waals surface area contributed by atoms with Crippen molar-refractivity contribution >= 4 is 11.7 Å². The molecule has 2 saturated carbocycles. The second-order valence-electron chi connectivity index (χ2n) is 8.20. The fraction of sp³-hybridized carbons (Fsp3) is 0.889. The molecule has 3 rings (SSSR count). The molecule has 0 aromatic heterocycles. The minimum absolute atomic E-state index is 0.204. The molecule has 3 heteroatoms. The maximum absolute atomic E-state index is 13.4. The van der Waals surface area contributed by atoms with Crippen LogP contribution < -0.4 is 0 Å². The zero-order valence-corrected chi connectivity index (χ0v) is 14.0. The van der Waals surface area contributed by atoms with Crippen molar-refractivity contribution in [3.63, 3.8) is 0 Å². The van der Waals surface area contributed by atoms with E-state index in [-0.39, 0.29) is 16.7 Å². The second-order valence-corrected chi connectivity index (χ2v) is 8.20. The summed E-state index contributed by atoms with van der Waals surface area (Å²) >= 11 is 0. The average Bonchev–Trinajstić information content (AvgIpc) is 2.76. The van der Waals surface area contributed by atoms with E-state index in [4.69, 9.17) is 0 Å². The average molecular weight is 291 g/mol. The zero-order chi connectivity index (χ0) is 15.5. The summed E-state index contributed by atoms with van der Waals surface area (Å²) in [5, 5.41) is 0. The Morgan fingerprint density at radius 2 is 1.95 bits per heavy atom. The number of amides is 1. The Bertz CT molecular complexity index is 484. The van der Waals surface area contributed by atoms with Crippen LogP contribution in [0.15, 0.2) is 0 Å². The Balaban J connectivity index is 1.96. The van der Waals surface area contributed by atoms with Gasteiger partial charge in [-0.3, -0.25) is 9.59 Å². The highest BCUT2D eigenvalue weighted by atomic mass is 16.2. The summed E-state index contributed by atoms with van der Waals surface area (Å²) in [5.74, 6) is 0.603. The van der Waals surface area contributed by atoms with Crippen LogP contribution in [0.5, 0.6) is 0 Å². The lowest BCUT2D eigenvalue weighted by Crippen LogP contribution is -2.53. The number of carbonyl (C=O) groups is 2. The summed E-state index contributed by atoms with van der Waals surface area (Å²) in [6, 6.07) is 0.388. The predicted octanol–water partition coefficient (Wildman–Crippen LogP) is 3.56. The van der Waals surface area contributed by atoms with Crippen molar-refractivity contribution in [2.75, 3.05) is 6.54 Å². The van der Waals surface area contributed by atoms with E-state index < -0.39 is 5.41 Å². The number of hydrogen-bond donors (Lipinski definition) is 0. The van der Waals surface area contributed by atoms with E-state index in [0.29, 0.717) is 18.2 Å². The van der Waals surface area contributed by atoms with Gasteiger partial charge < -0.3 is 4.90 Å². The molecule has 0 aromatic carbocycles. The Morgan fingerprint density at radius 1 is 1.24 bits per heavy atom. The number of rotatable bonds is 2. The number of nitrogens with zero attached hydrogens (tertiary/aromatic N) is 1. The topological polar surface area (TPSA) is 37.4 Å². The summed E-state index contributed by atoms with van der Waals surface area (Å²) in [6.45, 7) is 9.48. The lowest BCUT2D eigenvalue weighted by molar-refractivity contribution is -0.151. The molecular formula is C18H29NO2. The molecule has 0 spiro atoms. The van der Waals surface area contributed by atoms with Crippen LogP contribution in [0.2, 0.25) is 0 Å². The van der Waals surface area contributed by atoms with Crippen LogP contribution in [-0.2, 0) is 9.59 Å². The Morgan fingerprint density at radius 3 is 2.48 bits per heavy atom. The van der Waals surface area contributed by atoms with Gasteiger partial charge in [-0.05, 0) is 43.9 Å². The van der Waals surface area contributed by atoms with Crippen LogP contribution in [0.1, 0.15) is 72.6 Å². The SMILES string of the molecule is CC[C@@H]1CCCCN1C(=O)[C@]12CC[C@](C)(C(=O)C1)C2(C)C. The van der Waals surface area contributed by atoms with Crippen molar-refractivity contribution in [3.8, 4) is 0 Å². The maximum Gasteiger partial charge on any atom is 0.230 e. The molecule has 0 aromatic rings. The summed E-state index contributed by atoms with van der Waals surface area (Å²) in [5.41, 5.74) is -0.923. The number of likely N-dealkylation sites (tertiary alicyclic amines) is 1. The monoisotopic (exact) mass is 291 g/mol. The highest BCUT2D eigenvalue weighted by molar-refractivity contribution is 5.99. The van der Waals surface area contributed by atoms with E-state index >= 15 is 0 Å². The first-order valence-corrected chi connectivity index (χ1v) is 8.64. The van der Waals surface area contributed by atoms with E-state index in [9.17, 15) is 9.59 Å². The highest BCUT2D eigenvalue weighted by Crippen LogP contribution is 2.71. The summed E-state index contributed by atoms with van der Waals surface area (Å²) in [6.07, 6.45) is 6.77. The van der Waals surface area contributed by atoms with Gasteiger partial charge in [-0.1, -0.05) is 27.7 Å². The molecule has 21 heavy (non-hydrogen) atoms. The number of fused-ring (bicyclic) bond motifs is 2. The number of Topliss-reactive ketones (excluding diaryl/α,β-unsaturated/α-hetero) is 1. The van der Waals surface area contributed by atoms with Gasteiger partial charge >= 0.3 is 0 Å². The van der Waals surface area contributed by atoms with Gasteiger partial charge in [0.1, 0.15) is 5.78 Å². The first-order chi connectivity index (χ1) is 9.80. The molecule has 118 valence electrons. The third-order valence-corrected chi connectivity index (χ3v) is 7.47. The third-order valence-electron chi connectivity index (χ3n) is 7.47. The van der Waals surface area contributed by atoms with Crippen molar-refractivity contribution in [2.45, 2.75) is 78.7 Å². The number of piperidine rings is 1. The van der Waals surface area contributed by atoms with Gasteiger partial charge in [-0.2, -0.15) is 0 Å². The Labute approximate surface area is 128 Å². The van der Waals surface area contributed by atoms with Gasteiger partial charge in [0.2, 0.25) is 5.91 Å². The fourth-order valence-electron chi connectivity index (χ4n) is 5.30. The largest absolute Gasteiger partial charge is 0.339 e. The molecule has 3 atom stereocenters. The molecule has 0 unspecified atom stereocenters. The summed E-state index contributed by atoms with van der Waals surface area (Å²) in [4.78, 5) is 28.1. The molecule has 2 bridgehead atoms. The Hall–Kier alpha value is -0.860. The number of carbonyl (C=O) groups excluding carboxylic acids is 2. The van der Waals surface area contributed by atoms with Crippen molar-refractivity contribution in [2.24, 2.45) is 16.2 Å². The first-order valence-electron chi connectivity index (χ1n) is 8.64. The van der Waals surface area contributed by atoms with Crippen LogP contribution in [0.4, 0.5) is 0 Å². The quantitative estimate of drug-likeness (QED) is 0.780. The van der Waals surface area contributed by atoms with Crippen molar-refractivity contribution in [1.29, 1.82) is 0 Å². The molecule has 1 heterocycles. The molecule has 1 amide bonds. The van der Waals surface area contributed by atoms with Gasteiger partial charge in [0.05, 0.1) is 5.41 Å². The second kappa shape index (κ2) is 4.57. The molecule has 1 saturated heterocycles. The number of ketones is 1. The van der Waals surface area contributed by atoms with E-state index in [1.54, 1.807) is 0 Å². The normalized spacial score (nSPS) is 41.6. The van der Waals surface area contributed by atoms with E-state index in [2.05, 4.69) is 32.6 Å². The van der Waals surface area contributed by atoms with Gasteiger partial charge in [0.15, 0.2) is 0 Å². The lowest BCUT2D eigenvalue weighted by atomic mass is 9.64. The van der Waals surface area contributed by atoms with Gasteiger partial charge in [0, 0.05) is 24.4 Å². The maximum atomic E-state index is 13.4. The minimum atomic E-state index is -0.427. The van der Waals surface area contributed by atoms with Gasteiger partial charge in [-0.25, -0.2) is 0 Å². The van der Waals surface area contributed by atoms with Crippen LogP contribution in [0.25, 0.3) is 0 Å². The predicted molar refractivity (Wildman–Crippen MR) is 82.8 cm³/mol. The zero-order valence-electron chi connectivity index (χ0n) is 14.0. The standard InChI is InChI=1S/C18H29NO2/c1-5-13-8-6-7-11-19(13)15(21)18-10-9-17(4,14(20)12-18)16(18,2)3/h13H,5-12H2,1-4H3/t13-,17-,18+/m1/s1. The van der Waals surface area contributed by atoms with Crippen LogP contribution in [0.3, 0.4) is 0 Å². The van der Waals surface area contributed by atoms with E-state index in [1.807, 2.05) is 0 Å². The minimum Gasteiger partial charge on any atom is -0.339 e. The third kappa shape index (κ3) is 1.66. The molecule has 0 radical (unpaired) electrons. The smallest absolute Gasteiger partial charge is 0.230 e. The van der Waals surface area contributed by atoms with Crippen LogP contribution in [-0.4, -0.2) is 29.2 Å². The highest BCUT2D eigenvalue weighted by Gasteiger charge is 2.73. The Kier molecular flexibility index (Phi) is 3.27. The van der Waals surface area contributed by atoms with E-state index in [0.717, 1.165) is 38.6 Å². The van der Waals surface area contributed by atoms with Crippen LogP contribution in [0, 0.1) is 16.2 Å². The van der Waals surface area contributed by atoms with Gasteiger partial charge in [-0.15, -0.1) is 0 Å². The van der Waals surface area contributed by atoms with Crippen molar-refractivity contribution in [3.05, 3.63) is 0 Å². The number of hydrogen-bond acceptors (Lipinski definition) is 2. The molecule has 1 aliphatic heterocycles. The van der Waals surface area contributed by atoms with Gasteiger partial charge in [0.25, 0.3) is 0 Å². The molecule has 3 nitrogen and oxygen atoms in total. The molecule has 3 fully saturated rings. The van der Waals surface area contributed by atoms with E-state index in [1.165, 1.54) is 6.42 Å². The summed E-state index contributed by atoms with van der Waals surface area (Å²) in [7, 11) is 0. The summed E-state index contributed by atoms with van der Waals surface area (Å²) < 4.78 is 0. The first kappa shape index (κ1) is 15.1.